The summed E-state index contributed by atoms with van der Waals surface area (Å²) < 4.78 is 16.8. The van der Waals surface area contributed by atoms with Gasteiger partial charge in [0.2, 0.25) is 0 Å². The molecular formula is C65H112O6. The maximum Gasteiger partial charge on any atom is 0.306 e. The van der Waals surface area contributed by atoms with Crippen molar-refractivity contribution in [1.82, 2.24) is 0 Å². The molecule has 0 amide bonds. The highest BCUT2D eigenvalue weighted by Gasteiger charge is 2.19. The van der Waals surface area contributed by atoms with Crippen molar-refractivity contribution in [3.05, 3.63) is 85.1 Å². The molecule has 0 aliphatic carbocycles. The zero-order valence-electron chi connectivity index (χ0n) is 46.7. The van der Waals surface area contributed by atoms with Gasteiger partial charge in [-0.25, -0.2) is 0 Å². The van der Waals surface area contributed by atoms with Crippen LogP contribution < -0.4 is 0 Å². The van der Waals surface area contributed by atoms with Gasteiger partial charge in [0, 0.05) is 19.3 Å². The lowest BCUT2D eigenvalue weighted by molar-refractivity contribution is -0.166. The summed E-state index contributed by atoms with van der Waals surface area (Å²) in [7, 11) is 0. The van der Waals surface area contributed by atoms with Crippen LogP contribution in [0.3, 0.4) is 0 Å². The van der Waals surface area contributed by atoms with Crippen molar-refractivity contribution in [3.63, 3.8) is 0 Å². The smallest absolute Gasteiger partial charge is 0.306 e. The molecular weight excluding hydrogens is 877 g/mol. The highest BCUT2D eigenvalue weighted by Crippen LogP contribution is 2.15. The molecule has 6 heteroatoms. The second kappa shape index (κ2) is 59.2. The number of ether oxygens (including phenoxy) is 3. The van der Waals surface area contributed by atoms with E-state index in [4.69, 9.17) is 14.2 Å². The summed E-state index contributed by atoms with van der Waals surface area (Å²) in [4.78, 5) is 38.2. The summed E-state index contributed by atoms with van der Waals surface area (Å²) in [5.41, 5.74) is 0. The average molecular weight is 990 g/mol. The number of rotatable bonds is 54. The van der Waals surface area contributed by atoms with Gasteiger partial charge in [0.1, 0.15) is 13.2 Å². The molecule has 0 radical (unpaired) electrons. The Labute approximate surface area is 439 Å². The van der Waals surface area contributed by atoms with Gasteiger partial charge in [-0.1, -0.05) is 247 Å². The van der Waals surface area contributed by atoms with Crippen molar-refractivity contribution in [3.8, 4) is 0 Å². The van der Waals surface area contributed by atoms with Crippen molar-refractivity contribution in [2.45, 2.75) is 297 Å². The van der Waals surface area contributed by atoms with Crippen LogP contribution in [0, 0.1) is 0 Å². The van der Waals surface area contributed by atoms with Crippen LogP contribution >= 0.6 is 0 Å². The second-order valence-electron chi connectivity index (χ2n) is 19.9. The van der Waals surface area contributed by atoms with E-state index in [9.17, 15) is 14.4 Å². The Morgan fingerprint density at radius 1 is 0.282 bits per heavy atom. The third kappa shape index (κ3) is 57.4. The van der Waals surface area contributed by atoms with Gasteiger partial charge in [-0.2, -0.15) is 0 Å². The van der Waals surface area contributed by atoms with Gasteiger partial charge in [0.15, 0.2) is 6.10 Å². The van der Waals surface area contributed by atoms with Gasteiger partial charge in [-0.3, -0.25) is 14.4 Å². The van der Waals surface area contributed by atoms with Crippen molar-refractivity contribution in [2.24, 2.45) is 0 Å². The molecule has 0 aromatic carbocycles. The summed E-state index contributed by atoms with van der Waals surface area (Å²) in [6.07, 6.45) is 77.3. The molecule has 0 heterocycles. The lowest BCUT2D eigenvalue weighted by Crippen LogP contribution is -2.30. The van der Waals surface area contributed by atoms with Crippen molar-refractivity contribution >= 4 is 17.9 Å². The molecule has 0 aliphatic rings. The first-order valence-corrected chi connectivity index (χ1v) is 30.1. The van der Waals surface area contributed by atoms with E-state index in [2.05, 4.69) is 99.8 Å². The number of unbranched alkanes of at least 4 members (excludes halogenated alkanes) is 29. The van der Waals surface area contributed by atoms with Gasteiger partial charge < -0.3 is 14.2 Å². The van der Waals surface area contributed by atoms with E-state index in [1.54, 1.807) is 0 Å². The van der Waals surface area contributed by atoms with E-state index in [-0.39, 0.29) is 37.5 Å². The van der Waals surface area contributed by atoms with Gasteiger partial charge in [-0.15, -0.1) is 0 Å². The molecule has 71 heavy (non-hydrogen) atoms. The van der Waals surface area contributed by atoms with E-state index >= 15 is 0 Å². The van der Waals surface area contributed by atoms with Crippen LogP contribution in [0.4, 0.5) is 0 Å². The Kier molecular flexibility index (Phi) is 56.3. The highest BCUT2D eigenvalue weighted by atomic mass is 16.6. The van der Waals surface area contributed by atoms with E-state index in [0.717, 1.165) is 64.2 Å². The maximum absolute atomic E-state index is 12.9. The fourth-order valence-electron chi connectivity index (χ4n) is 8.30. The Hall–Kier alpha value is -3.41. The number of carbonyl (C=O) groups is 3. The lowest BCUT2D eigenvalue weighted by Gasteiger charge is -2.18. The molecule has 0 spiro atoms. The minimum Gasteiger partial charge on any atom is -0.462 e. The fraction of sp³-hybridized carbons (Fsp3) is 0.738. The molecule has 408 valence electrons. The molecule has 0 fully saturated rings. The van der Waals surface area contributed by atoms with Crippen LogP contribution in [0.5, 0.6) is 0 Å². The number of hydrogen-bond acceptors (Lipinski definition) is 6. The first-order chi connectivity index (χ1) is 35.0. The van der Waals surface area contributed by atoms with Gasteiger partial charge in [0.25, 0.3) is 0 Å². The van der Waals surface area contributed by atoms with Crippen LogP contribution in [-0.2, 0) is 28.6 Å². The molecule has 0 saturated carbocycles. The van der Waals surface area contributed by atoms with Crippen molar-refractivity contribution in [2.75, 3.05) is 13.2 Å². The predicted octanol–water partition coefficient (Wildman–Crippen LogP) is 20.3. The quantitative estimate of drug-likeness (QED) is 0.0261. The molecule has 0 bridgehead atoms. The van der Waals surface area contributed by atoms with E-state index < -0.39 is 6.10 Å². The molecule has 0 aromatic rings. The minimum absolute atomic E-state index is 0.101. The van der Waals surface area contributed by atoms with E-state index in [1.807, 2.05) is 6.08 Å². The molecule has 0 aliphatic heterocycles. The third-order valence-corrected chi connectivity index (χ3v) is 12.9. The van der Waals surface area contributed by atoms with E-state index in [1.165, 1.54) is 180 Å². The number of allylic oxidation sites excluding steroid dienone is 14. The molecule has 0 unspecified atom stereocenters. The molecule has 6 nitrogen and oxygen atoms in total. The normalized spacial score (nSPS) is 12.7. The van der Waals surface area contributed by atoms with Gasteiger partial charge >= 0.3 is 17.9 Å². The highest BCUT2D eigenvalue weighted by molar-refractivity contribution is 5.71. The average Bonchev–Trinajstić information content (AvgIpc) is 3.37. The summed E-state index contributed by atoms with van der Waals surface area (Å²) >= 11 is 0. The van der Waals surface area contributed by atoms with Gasteiger partial charge in [0.05, 0.1) is 0 Å². The Bertz CT molecular complexity index is 1370. The summed E-state index contributed by atoms with van der Waals surface area (Å²) in [6.45, 7) is 6.55. The SMILES string of the molecule is CCCCC/C=C\C/C=C\C/C=C\C/C=C\C/C=C\CCC(=O)OC[C@H](COC(=O)CCCCCCCCCCC/C=C\CCCCCCCC)OC(=O)CCCCCCCCC/C=C\CCCCCC. The van der Waals surface area contributed by atoms with Crippen LogP contribution in [-0.4, -0.2) is 37.2 Å². The third-order valence-electron chi connectivity index (χ3n) is 12.9. The monoisotopic (exact) mass is 989 g/mol. The second-order valence-corrected chi connectivity index (χ2v) is 19.9. The molecule has 0 aromatic heterocycles. The minimum atomic E-state index is -0.810. The number of esters is 3. The van der Waals surface area contributed by atoms with Crippen LogP contribution in [0.1, 0.15) is 290 Å². The Balaban J connectivity index is 4.47. The predicted molar refractivity (Wildman–Crippen MR) is 307 cm³/mol. The van der Waals surface area contributed by atoms with E-state index in [0.29, 0.717) is 19.3 Å². The zero-order valence-corrected chi connectivity index (χ0v) is 46.7. The topological polar surface area (TPSA) is 78.9 Å². The largest absolute Gasteiger partial charge is 0.462 e. The summed E-state index contributed by atoms with van der Waals surface area (Å²) in [6, 6.07) is 0. The van der Waals surface area contributed by atoms with Crippen LogP contribution in [0.25, 0.3) is 0 Å². The Morgan fingerprint density at radius 3 is 0.930 bits per heavy atom. The Morgan fingerprint density at radius 2 is 0.535 bits per heavy atom. The van der Waals surface area contributed by atoms with Crippen LogP contribution in [0.15, 0.2) is 85.1 Å². The van der Waals surface area contributed by atoms with Crippen molar-refractivity contribution < 1.29 is 28.6 Å². The van der Waals surface area contributed by atoms with Crippen LogP contribution in [0.2, 0.25) is 0 Å². The number of hydrogen-bond donors (Lipinski definition) is 0. The first kappa shape index (κ1) is 67.6. The molecule has 0 N–H and O–H groups in total. The van der Waals surface area contributed by atoms with Crippen molar-refractivity contribution in [1.29, 1.82) is 0 Å². The summed E-state index contributed by atoms with van der Waals surface area (Å²) in [5.74, 6) is -0.987. The number of carbonyl (C=O) groups excluding carboxylic acids is 3. The first-order valence-electron chi connectivity index (χ1n) is 30.1. The summed E-state index contributed by atoms with van der Waals surface area (Å²) in [5, 5.41) is 0. The molecule has 0 rings (SSSR count). The van der Waals surface area contributed by atoms with Gasteiger partial charge in [-0.05, 0) is 109 Å². The zero-order chi connectivity index (χ0) is 51.4. The lowest BCUT2D eigenvalue weighted by atomic mass is 10.1. The fourth-order valence-corrected chi connectivity index (χ4v) is 8.30. The molecule has 1 atom stereocenters. The standard InChI is InChI=1S/C65H112O6/c1-4-7-10-13-16-19-22-25-28-30-32-34-37-39-42-45-48-51-54-57-63(66)69-60-62(71-65(68)59-56-53-50-47-44-41-36-27-24-21-18-15-12-9-6-3)61-70-64(67)58-55-52-49-46-43-40-38-35-33-31-29-26-23-20-17-14-11-8-5-2/h16,19,21,24-26,28-29,32,34,39,42,48,51,62H,4-15,17-18,20,22-23,27,30-31,33,35-38,40-41,43-47,49-50,52-61H2,1-3H3/b19-16-,24-21-,28-25-,29-26-,34-32-,42-39-,51-48-/t62-/m1/s1. The molecule has 0 saturated heterocycles. The maximum atomic E-state index is 12.9.